The van der Waals surface area contributed by atoms with Gasteiger partial charge in [-0.25, -0.2) is 9.37 Å². The van der Waals surface area contributed by atoms with Crippen LogP contribution in [0.3, 0.4) is 0 Å². The summed E-state index contributed by atoms with van der Waals surface area (Å²) in [5, 5.41) is 3.01. The molecule has 232 valence electrons. The molecule has 1 amide bonds. The molecule has 3 aromatic carbocycles. The number of amides is 1. The summed E-state index contributed by atoms with van der Waals surface area (Å²) in [4.78, 5) is 17.0. The number of allylic oxidation sites excluding steroid dienone is 2. The molecule has 0 aliphatic heterocycles. The maximum atomic E-state index is 13.9. The third kappa shape index (κ3) is 8.67. The SMILES string of the molecule is C=CCc1cc(-c2ccc(OCCC[N+](C)(C)CC(=O)NCCCC)c(CC=C)c2)c2oc(-c3ccc(F)c(Br)c3)nc2c1. The van der Waals surface area contributed by atoms with Crippen molar-refractivity contribution < 1.29 is 22.8 Å². The molecule has 44 heavy (non-hydrogen) atoms. The lowest BCUT2D eigenvalue weighted by molar-refractivity contribution is -0.882. The van der Waals surface area contributed by atoms with Gasteiger partial charge in [0, 0.05) is 24.1 Å². The molecule has 1 N–H and O–H groups in total. The maximum absolute atomic E-state index is 13.9. The number of carbonyl (C=O) groups is 1. The number of nitrogens with one attached hydrogen (secondary N) is 1. The molecule has 0 atom stereocenters. The van der Waals surface area contributed by atoms with E-state index in [2.05, 4.69) is 67.6 Å². The van der Waals surface area contributed by atoms with Crippen LogP contribution in [0.15, 0.2) is 82.7 Å². The topological polar surface area (TPSA) is 64.4 Å². The number of nitrogens with zero attached hydrogens (tertiary/aromatic N) is 2. The largest absolute Gasteiger partial charge is 0.493 e. The zero-order valence-corrected chi connectivity index (χ0v) is 27.5. The minimum Gasteiger partial charge on any atom is -0.493 e. The lowest BCUT2D eigenvalue weighted by Gasteiger charge is -2.29. The zero-order valence-electron chi connectivity index (χ0n) is 25.9. The average molecular weight is 664 g/mol. The summed E-state index contributed by atoms with van der Waals surface area (Å²) < 4.78 is 27.4. The van der Waals surface area contributed by atoms with E-state index in [-0.39, 0.29) is 11.7 Å². The lowest BCUT2D eigenvalue weighted by Crippen LogP contribution is -2.48. The molecular formula is C36H42BrFN3O3+. The second-order valence-electron chi connectivity index (χ2n) is 11.7. The first-order valence-corrected chi connectivity index (χ1v) is 15.9. The Morgan fingerprint density at radius 3 is 2.57 bits per heavy atom. The van der Waals surface area contributed by atoms with Gasteiger partial charge in [0.25, 0.3) is 5.91 Å². The highest BCUT2D eigenvalue weighted by molar-refractivity contribution is 9.10. The molecule has 8 heteroatoms. The molecular weight excluding hydrogens is 621 g/mol. The van der Waals surface area contributed by atoms with Crippen LogP contribution in [0.25, 0.3) is 33.7 Å². The summed E-state index contributed by atoms with van der Waals surface area (Å²) in [5.74, 6) is 0.973. The van der Waals surface area contributed by atoms with Gasteiger partial charge in [-0.3, -0.25) is 4.79 Å². The fraction of sp³-hybridized carbons (Fsp3) is 0.333. The van der Waals surface area contributed by atoms with Gasteiger partial charge >= 0.3 is 0 Å². The van der Waals surface area contributed by atoms with Crippen LogP contribution in [-0.2, 0) is 17.6 Å². The Balaban J connectivity index is 1.54. The Morgan fingerprint density at radius 2 is 1.84 bits per heavy atom. The maximum Gasteiger partial charge on any atom is 0.275 e. The number of hydrogen-bond acceptors (Lipinski definition) is 4. The number of halogens is 2. The van der Waals surface area contributed by atoms with Crippen LogP contribution < -0.4 is 10.1 Å². The van der Waals surface area contributed by atoms with Crippen LogP contribution in [0.1, 0.15) is 37.3 Å². The minimum atomic E-state index is -0.344. The fourth-order valence-electron chi connectivity index (χ4n) is 5.15. The molecule has 0 spiro atoms. The Hall–Kier alpha value is -3.75. The monoisotopic (exact) mass is 662 g/mol. The highest BCUT2D eigenvalue weighted by Crippen LogP contribution is 2.36. The molecule has 0 aliphatic carbocycles. The van der Waals surface area contributed by atoms with E-state index >= 15 is 0 Å². The zero-order chi connectivity index (χ0) is 31.7. The van der Waals surface area contributed by atoms with Gasteiger partial charge in [0.05, 0.1) is 31.7 Å². The van der Waals surface area contributed by atoms with Gasteiger partial charge in [-0.15, -0.1) is 13.2 Å². The van der Waals surface area contributed by atoms with Crippen molar-refractivity contribution in [3.8, 4) is 28.3 Å². The van der Waals surface area contributed by atoms with Crippen LogP contribution in [0, 0.1) is 5.82 Å². The van der Waals surface area contributed by atoms with Crippen molar-refractivity contribution in [2.75, 3.05) is 40.3 Å². The summed E-state index contributed by atoms with van der Waals surface area (Å²) >= 11 is 3.26. The molecule has 0 fully saturated rings. The smallest absolute Gasteiger partial charge is 0.275 e. The summed E-state index contributed by atoms with van der Waals surface area (Å²) in [6, 6.07) is 15.0. The van der Waals surface area contributed by atoms with Gasteiger partial charge in [0.1, 0.15) is 17.1 Å². The number of aromatic nitrogens is 1. The number of unbranched alkanes of at least 4 members (excludes halogenated alkanes) is 1. The molecule has 0 aliphatic rings. The van der Waals surface area contributed by atoms with E-state index < -0.39 is 0 Å². The summed E-state index contributed by atoms with van der Waals surface area (Å²) in [6.07, 6.45) is 7.93. The van der Waals surface area contributed by atoms with Crippen molar-refractivity contribution in [3.63, 3.8) is 0 Å². The quantitative estimate of drug-likeness (QED) is 0.0745. The van der Waals surface area contributed by atoms with Crippen LogP contribution in [0.4, 0.5) is 4.39 Å². The normalized spacial score (nSPS) is 11.5. The van der Waals surface area contributed by atoms with Gasteiger partial charge < -0.3 is 19.0 Å². The van der Waals surface area contributed by atoms with Crippen molar-refractivity contribution in [2.24, 2.45) is 0 Å². The molecule has 0 unspecified atom stereocenters. The Kier molecular flexibility index (Phi) is 11.5. The predicted octanol–water partition coefficient (Wildman–Crippen LogP) is 8.28. The Bertz CT molecular complexity index is 1630. The van der Waals surface area contributed by atoms with E-state index in [1.54, 1.807) is 12.1 Å². The second kappa shape index (κ2) is 15.3. The van der Waals surface area contributed by atoms with Crippen LogP contribution in [0.2, 0.25) is 0 Å². The van der Waals surface area contributed by atoms with E-state index in [4.69, 9.17) is 14.1 Å². The number of carbonyl (C=O) groups excluding carboxylic acids is 1. The van der Waals surface area contributed by atoms with Crippen molar-refractivity contribution >= 4 is 32.9 Å². The molecule has 4 rings (SSSR count). The number of benzene rings is 3. The number of oxazole rings is 1. The van der Waals surface area contributed by atoms with Crippen LogP contribution in [-0.4, -0.2) is 55.7 Å². The van der Waals surface area contributed by atoms with E-state index in [0.717, 1.165) is 65.9 Å². The third-order valence-electron chi connectivity index (χ3n) is 7.42. The van der Waals surface area contributed by atoms with E-state index in [1.165, 1.54) is 6.07 Å². The number of ether oxygens (including phenoxy) is 1. The van der Waals surface area contributed by atoms with Crippen molar-refractivity contribution in [2.45, 2.75) is 39.0 Å². The van der Waals surface area contributed by atoms with Crippen LogP contribution >= 0.6 is 15.9 Å². The van der Waals surface area contributed by atoms with Crippen molar-refractivity contribution in [1.29, 1.82) is 0 Å². The molecule has 0 radical (unpaired) electrons. The van der Waals surface area contributed by atoms with Gasteiger partial charge in [-0.1, -0.05) is 31.6 Å². The summed E-state index contributed by atoms with van der Waals surface area (Å²) in [5.41, 5.74) is 6.03. The molecule has 4 aromatic rings. The van der Waals surface area contributed by atoms with E-state index in [9.17, 15) is 9.18 Å². The molecule has 6 nitrogen and oxygen atoms in total. The number of rotatable bonds is 16. The second-order valence-corrected chi connectivity index (χ2v) is 12.5. The van der Waals surface area contributed by atoms with Gasteiger partial charge in [0.2, 0.25) is 5.89 Å². The predicted molar refractivity (Wildman–Crippen MR) is 180 cm³/mol. The van der Waals surface area contributed by atoms with Crippen LogP contribution in [0.5, 0.6) is 5.75 Å². The lowest BCUT2D eigenvalue weighted by atomic mass is 9.97. The first kappa shape index (κ1) is 33.1. The molecule has 0 saturated carbocycles. The minimum absolute atomic E-state index is 0.0870. The van der Waals surface area contributed by atoms with Crippen molar-refractivity contribution in [3.05, 3.63) is 95.3 Å². The standard InChI is InChI=1S/C36H41BrFN3O3/c1-6-9-17-39-34(42)24-41(4,5)18-10-19-43-33-16-14-26(22-27(33)12-8-3)29-20-25(11-7-2)21-32-35(29)44-36(40-32)28-13-15-31(38)30(37)23-28/h7-8,13-16,20-23H,2-3,6,9-12,17-19,24H2,1,4-5H3/p+1. The van der Waals surface area contributed by atoms with E-state index in [1.807, 2.05) is 30.4 Å². The molecule has 0 saturated heterocycles. The molecule has 1 heterocycles. The summed E-state index contributed by atoms with van der Waals surface area (Å²) in [6.45, 7) is 12.5. The third-order valence-corrected chi connectivity index (χ3v) is 8.03. The first-order valence-electron chi connectivity index (χ1n) is 15.1. The Labute approximate surface area is 268 Å². The van der Waals surface area contributed by atoms with Crippen molar-refractivity contribution in [1.82, 2.24) is 10.3 Å². The van der Waals surface area contributed by atoms with Gasteiger partial charge in [-0.05, 0) is 94.3 Å². The number of hydrogen-bond donors (Lipinski definition) is 1. The first-order chi connectivity index (χ1) is 21.1. The highest BCUT2D eigenvalue weighted by atomic mass is 79.9. The fourth-order valence-corrected chi connectivity index (χ4v) is 5.53. The molecule has 0 bridgehead atoms. The van der Waals surface area contributed by atoms with Gasteiger partial charge in [-0.2, -0.15) is 0 Å². The van der Waals surface area contributed by atoms with E-state index in [0.29, 0.717) is 52.0 Å². The average Bonchev–Trinajstić information content (AvgIpc) is 3.41. The summed E-state index contributed by atoms with van der Waals surface area (Å²) in [7, 11) is 4.14. The number of quaternary nitrogens is 1. The molecule has 1 aromatic heterocycles. The number of likely N-dealkylation sites (N-methyl/N-ethyl adjacent to an activating group) is 1. The Morgan fingerprint density at radius 1 is 1.07 bits per heavy atom. The van der Waals surface area contributed by atoms with Gasteiger partial charge in [0.15, 0.2) is 12.1 Å². The number of fused-ring (bicyclic) bond motifs is 1. The highest BCUT2D eigenvalue weighted by Gasteiger charge is 2.20.